The standard InChI is InChI=1S/C12H20ClN5/c1-17-7-9-18(10-8-17)6-2-5-14-12-4-3-11(13)15-16-12/h3-4H,2,5-10H2,1H3,(H,14,16). The number of likely N-dealkylation sites (N-methyl/N-ethyl adjacent to an activating group) is 1. The number of halogens is 1. The third kappa shape index (κ3) is 4.40. The van der Waals surface area contributed by atoms with Gasteiger partial charge in [0.25, 0.3) is 0 Å². The molecule has 0 aliphatic carbocycles. The summed E-state index contributed by atoms with van der Waals surface area (Å²) in [7, 11) is 2.18. The van der Waals surface area contributed by atoms with Crippen LogP contribution in [0.5, 0.6) is 0 Å². The monoisotopic (exact) mass is 269 g/mol. The third-order valence-electron chi connectivity index (χ3n) is 3.19. The Hall–Kier alpha value is -0.910. The largest absolute Gasteiger partial charge is 0.369 e. The lowest BCUT2D eigenvalue weighted by molar-refractivity contribution is 0.154. The number of piperazine rings is 1. The van der Waals surface area contributed by atoms with Crippen molar-refractivity contribution in [1.29, 1.82) is 0 Å². The van der Waals surface area contributed by atoms with E-state index in [0.717, 1.165) is 25.3 Å². The molecule has 5 nitrogen and oxygen atoms in total. The van der Waals surface area contributed by atoms with Crippen molar-refractivity contribution in [3.63, 3.8) is 0 Å². The first-order chi connectivity index (χ1) is 8.74. The van der Waals surface area contributed by atoms with Crippen molar-refractivity contribution in [2.45, 2.75) is 6.42 Å². The molecular weight excluding hydrogens is 250 g/mol. The topological polar surface area (TPSA) is 44.3 Å². The van der Waals surface area contributed by atoms with Crippen molar-refractivity contribution in [1.82, 2.24) is 20.0 Å². The van der Waals surface area contributed by atoms with Gasteiger partial charge in [0.2, 0.25) is 0 Å². The zero-order valence-electron chi connectivity index (χ0n) is 10.8. The van der Waals surface area contributed by atoms with Crippen LogP contribution in [0.4, 0.5) is 5.82 Å². The van der Waals surface area contributed by atoms with Gasteiger partial charge < -0.3 is 15.1 Å². The molecule has 0 unspecified atom stereocenters. The van der Waals surface area contributed by atoms with E-state index in [2.05, 4.69) is 32.4 Å². The summed E-state index contributed by atoms with van der Waals surface area (Å²) in [5, 5.41) is 11.4. The summed E-state index contributed by atoms with van der Waals surface area (Å²) in [6, 6.07) is 3.60. The Morgan fingerprint density at radius 1 is 1.22 bits per heavy atom. The van der Waals surface area contributed by atoms with Crippen molar-refractivity contribution < 1.29 is 0 Å². The van der Waals surface area contributed by atoms with Crippen LogP contribution in [0.2, 0.25) is 5.15 Å². The molecule has 18 heavy (non-hydrogen) atoms. The summed E-state index contributed by atoms with van der Waals surface area (Å²) in [5.41, 5.74) is 0. The second kappa shape index (κ2) is 6.87. The molecule has 100 valence electrons. The number of nitrogens with one attached hydrogen (secondary N) is 1. The fourth-order valence-corrected chi connectivity index (χ4v) is 2.10. The quantitative estimate of drug-likeness (QED) is 0.814. The number of hydrogen-bond acceptors (Lipinski definition) is 5. The maximum absolute atomic E-state index is 5.67. The highest BCUT2D eigenvalue weighted by Gasteiger charge is 2.12. The van der Waals surface area contributed by atoms with Gasteiger partial charge in [-0.25, -0.2) is 0 Å². The molecule has 1 aliphatic rings. The average Bonchev–Trinajstić information content (AvgIpc) is 2.39. The van der Waals surface area contributed by atoms with Crippen LogP contribution < -0.4 is 5.32 Å². The molecule has 1 N–H and O–H groups in total. The smallest absolute Gasteiger partial charge is 0.151 e. The summed E-state index contributed by atoms with van der Waals surface area (Å²) in [6.45, 7) is 6.77. The lowest BCUT2D eigenvalue weighted by Crippen LogP contribution is -2.44. The van der Waals surface area contributed by atoms with Gasteiger partial charge in [0.05, 0.1) is 0 Å². The van der Waals surface area contributed by atoms with Crippen molar-refractivity contribution in [2.24, 2.45) is 0 Å². The lowest BCUT2D eigenvalue weighted by Gasteiger charge is -2.32. The third-order valence-corrected chi connectivity index (χ3v) is 3.39. The van der Waals surface area contributed by atoms with E-state index in [-0.39, 0.29) is 0 Å². The van der Waals surface area contributed by atoms with Crippen molar-refractivity contribution in [2.75, 3.05) is 51.6 Å². The maximum atomic E-state index is 5.67. The normalized spacial score (nSPS) is 17.9. The predicted molar refractivity (Wildman–Crippen MR) is 74.1 cm³/mol. The number of rotatable bonds is 5. The lowest BCUT2D eigenvalue weighted by atomic mass is 10.3. The van der Waals surface area contributed by atoms with Gasteiger partial charge in [0.15, 0.2) is 5.15 Å². The Balaban J connectivity index is 1.60. The highest BCUT2D eigenvalue weighted by molar-refractivity contribution is 6.29. The van der Waals surface area contributed by atoms with Crippen molar-refractivity contribution in [3.05, 3.63) is 17.3 Å². The van der Waals surface area contributed by atoms with Crippen LogP contribution in [0.15, 0.2) is 12.1 Å². The summed E-state index contributed by atoms with van der Waals surface area (Å²) in [6.07, 6.45) is 1.12. The number of anilines is 1. The Morgan fingerprint density at radius 3 is 2.67 bits per heavy atom. The average molecular weight is 270 g/mol. The number of nitrogens with zero attached hydrogens (tertiary/aromatic N) is 4. The van der Waals surface area contributed by atoms with Gasteiger partial charge in [-0.3, -0.25) is 0 Å². The maximum Gasteiger partial charge on any atom is 0.151 e. The van der Waals surface area contributed by atoms with Gasteiger partial charge in [0.1, 0.15) is 5.82 Å². The van der Waals surface area contributed by atoms with Gasteiger partial charge in [0, 0.05) is 32.7 Å². The predicted octanol–water partition coefficient (Wildman–Crippen LogP) is 1.18. The number of hydrogen-bond donors (Lipinski definition) is 1. The van der Waals surface area contributed by atoms with Crippen LogP contribution in [0.3, 0.4) is 0 Å². The van der Waals surface area contributed by atoms with E-state index < -0.39 is 0 Å². The molecular formula is C12H20ClN5. The molecule has 2 rings (SSSR count). The molecule has 6 heteroatoms. The van der Waals surface area contributed by atoms with Crippen LogP contribution >= 0.6 is 11.6 Å². The Labute approximate surface area is 113 Å². The highest BCUT2D eigenvalue weighted by Crippen LogP contribution is 2.06. The molecule has 1 aromatic rings. The Morgan fingerprint density at radius 2 is 2.00 bits per heavy atom. The van der Waals surface area contributed by atoms with E-state index in [4.69, 9.17) is 11.6 Å². The fourth-order valence-electron chi connectivity index (χ4n) is 2.00. The van der Waals surface area contributed by atoms with E-state index in [9.17, 15) is 0 Å². The molecule has 0 atom stereocenters. The van der Waals surface area contributed by atoms with E-state index >= 15 is 0 Å². The van der Waals surface area contributed by atoms with Crippen LogP contribution in [0.1, 0.15) is 6.42 Å². The SMILES string of the molecule is CN1CCN(CCCNc2ccc(Cl)nn2)CC1. The summed E-state index contributed by atoms with van der Waals surface area (Å²) in [4.78, 5) is 4.88. The van der Waals surface area contributed by atoms with E-state index in [1.54, 1.807) is 6.07 Å². The molecule has 0 bridgehead atoms. The van der Waals surface area contributed by atoms with Crippen LogP contribution in [0.25, 0.3) is 0 Å². The van der Waals surface area contributed by atoms with E-state index in [1.807, 2.05) is 6.07 Å². The van der Waals surface area contributed by atoms with Crippen LogP contribution in [-0.2, 0) is 0 Å². The first-order valence-electron chi connectivity index (χ1n) is 6.38. The molecule has 1 fully saturated rings. The van der Waals surface area contributed by atoms with Crippen LogP contribution in [0, 0.1) is 0 Å². The summed E-state index contributed by atoms with van der Waals surface area (Å²) in [5.74, 6) is 0.790. The molecule has 2 heterocycles. The molecule has 0 radical (unpaired) electrons. The minimum Gasteiger partial charge on any atom is -0.369 e. The summed E-state index contributed by atoms with van der Waals surface area (Å²) >= 11 is 5.67. The van der Waals surface area contributed by atoms with Crippen molar-refractivity contribution >= 4 is 17.4 Å². The van der Waals surface area contributed by atoms with E-state index in [0.29, 0.717) is 5.15 Å². The first kappa shape index (κ1) is 13.5. The minimum absolute atomic E-state index is 0.429. The second-order valence-corrected chi connectivity index (χ2v) is 5.05. The van der Waals surface area contributed by atoms with E-state index in [1.165, 1.54) is 26.2 Å². The Bertz CT molecular complexity index is 348. The van der Waals surface area contributed by atoms with Gasteiger partial charge >= 0.3 is 0 Å². The van der Waals surface area contributed by atoms with Gasteiger partial charge in [-0.1, -0.05) is 11.6 Å². The zero-order valence-corrected chi connectivity index (χ0v) is 11.5. The highest BCUT2D eigenvalue weighted by atomic mass is 35.5. The zero-order chi connectivity index (χ0) is 12.8. The van der Waals surface area contributed by atoms with Gasteiger partial charge in [-0.05, 0) is 32.1 Å². The molecule has 0 aromatic carbocycles. The Kier molecular flexibility index (Phi) is 5.16. The molecule has 1 aromatic heterocycles. The number of aromatic nitrogens is 2. The first-order valence-corrected chi connectivity index (χ1v) is 6.76. The van der Waals surface area contributed by atoms with Gasteiger partial charge in [-0.15, -0.1) is 10.2 Å². The van der Waals surface area contributed by atoms with Gasteiger partial charge in [-0.2, -0.15) is 0 Å². The molecule has 0 spiro atoms. The molecule has 1 aliphatic heterocycles. The molecule has 0 amide bonds. The second-order valence-electron chi connectivity index (χ2n) is 4.67. The molecule has 1 saturated heterocycles. The minimum atomic E-state index is 0.429. The van der Waals surface area contributed by atoms with Crippen molar-refractivity contribution in [3.8, 4) is 0 Å². The van der Waals surface area contributed by atoms with Crippen LogP contribution in [-0.4, -0.2) is 66.3 Å². The fraction of sp³-hybridized carbons (Fsp3) is 0.667. The summed E-state index contributed by atoms with van der Waals surface area (Å²) < 4.78 is 0. The molecule has 0 saturated carbocycles.